The Morgan fingerprint density at radius 2 is 1.95 bits per heavy atom. The van der Waals surface area contributed by atoms with Gasteiger partial charge in [0.15, 0.2) is 5.78 Å². The molecule has 2 rings (SSSR count). The van der Waals surface area contributed by atoms with Crippen LogP contribution in [0.1, 0.15) is 22.8 Å². The molecule has 0 aliphatic heterocycles. The first kappa shape index (κ1) is 15.0. The minimum absolute atomic E-state index is 0.107. The molecule has 0 saturated heterocycles. The molecule has 0 fully saturated rings. The molecule has 0 saturated carbocycles. The molecule has 0 heterocycles. The molecule has 21 heavy (non-hydrogen) atoms. The lowest BCUT2D eigenvalue weighted by atomic mass is 10.1. The number of hydrogen-bond acceptors (Lipinski definition) is 4. The number of nitro groups is 1. The fourth-order valence-electron chi connectivity index (χ4n) is 1.87. The predicted molar refractivity (Wildman–Crippen MR) is 79.4 cm³/mol. The molecular weight excluding hydrogens is 294 g/mol. The number of nitrogens with zero attached hydrogens (tertiary/aromatic N) is 1. The van der Waals surface area contributed by atoms with Gasteiger partial charge in [-0.2, -0.15) is 0 Å². The molecule has 0 radical (unpaired) electrons. The number of benzene rings is 2. The molecule has 0 aliphatic carbocycles. The zero-order valence-electron chi connectivity index (χ0n) is 11.4. The van der Waals surface area contributed by atoms with E-state index in [-0.39, 0.29) is 28.0 Å². The minimum Gasteiger partial charge on any atom is -0.449 e. The van der Waals surface area contributed by atoms with Crippen LogP contribution in [0, 0.1) is 17.0 Å². The first-order valence-electron chi connectivity index (χ1n) is 6.12. The number of ether oxygens (including phenoxy) is 1. The molecular formula is C15H12ClNO4. The van der Waals surface area contributed by atoms with E-state index in [1.54, 1.807) is 25.1 Å². The summed E-state index contributed by atoms with van der Waals surface area (Å²) in [4.78, 5) is 21.9. The molecule has 0 bridgehead atoms. The maximum absolute atomic E-state index is 11.3. The van der Waals surface area contributed by atoms with Crippen molar-refractivity contribution in [3.8, 4) is 11.5 Å². The van der Waals surface area contributed by atoms with Crippen LogP contribution in [0.15, 0.2) is 36.4 Å². The zero-order chi connectivity index (χ0) is 15.6. The van der Waals surface area contributed by atoms with E-state index >= 15 is 0 Å². The van der Waals surface area contributed by atoms with Crippen LogP contribution in [0.5, 0.6) is 11.5 Å². The van der Waals surface area contributed by atoms with Gasteiger partial charge in [-0.05, 0) is 38.1 Å². The molecule has 0 unspecified atom stereocenters. The van der Waals surface area contributed by atoms with Crippen LogP contribution in [0.4, 0.5) is 5.69 Å². The lowest BCUT2D eigenvalue weighted by Gasteiger charge is -2.09. The number of hydrogen-bond donors (Lipinski definition) is 0. The third-order valence-corrected chi connectivity index (χ3v) is 3.24. The highest BCUT2D eigenvalue weighted by Gasteiger charge is 2.19. The third kappa shape index (κ3) is 3.20. The molecule has 2 aromatic carbocycles. The first-order chi connectivity index (χ1) is 9.90. The smallest absolute Gasteiger partial charge is 0.314 e. The van der Waals surface area contributed by atoms with E-state index in [0.29, 0.717) is 11.1 Å². The van der Waals surface area contributed by atoms with Gasteiger partial charge >= 0.3 is 5.69 Å². The Hall–Kier alpha value is -2.40. The largest absolute Gasteiger partial charge is 0.449 e. The molecule has 5 nitrogen and oxygen atoms in total. The molecule has 6 heteroatoms. The van der Waals surface area contributed by atoms with E-state index in [4.69, 9.17) is 16.3 Å². The summed E-state index contributed by atoms with van der Waals surface area (Å²) in [5.74, 6) is 0.248. The van der Waals surface area contributed by atoms with Gasteiger partial charge in [0, 0.05) is 11.1 Å². The summed E-state index contributed by atoms with van der Waals surface area (Å²) < 4.78 is 5.53. The lowest BCUT2D eigenvalue weighted by Crippen LogP contribution is -1.97. The molecule has 108 valence electrons. The fourth-order valence-corrected chi connectivity index (χ4v) is 2.09. The number of para-hydroxylation sites is 1. The summed E-state index contributed by atoms with van der Waals surface area (Å²) in [6, 6.07) is 9.35. The van der Waals surface area contributed by atoms with Crippen LogP contribution in [0.2, 0.25) is 5.02 Å². The van der Waals surface area contributed by atoms with Crippen molar-refractivity contribution in [3.63, 3.8) is 0 Å². The summed E-state index contributed by atoms with van der Waals surface area (Å²) in [5, 5.41) is 11.3. The monoisotopic (exact) mass is 305 g/mol. The van der Waals surface area contributed by atoms with Gasteiger partial charge in [0.25, 0.3) is 0 Å². The van der Waals surface area contributed by atoms with Crippen molar-refractivity contribution < 1.29 is 14.5 Å². The van der Waals surface area contributed by atoms with Gasteiger partial charge < -0.3 is 4.74 Å². The number of ketones is 1. The van der Waals surface area contributed by atoms with Crippen LogP contribution in [-0.2, 0) is 0 Å². The van der Waals surface area contributed by atoms with Crippen molar-refractivity contribution in [2.45, 2.75) is 13.8 Å². The van der Waals surface area contributed by atoms with Gasteiger partial charge in [0.2, 0.25) is 5.75 Å². The van der Waals surface area contributed by atoms with E-state index in [9.17, 15) is 14.9 Å². The standard InChI is InChI=1S/C15H12ClNO4/c1-9-4-3-5-14(15(9)17(19)20)21-13-7-6-11(10(2)18)8-12(13)16/h3-8H,1-2H3. The SMILES string of the molecule is CC(=O)c1ccc(Oc2cccc(C)c2[N+](=O)[O-])c(Cl)c1. The second kappa shape index (κ2) is 5.93. The summed E-state index contributed by atoms with van der Waals surface area (Å²) in [7, 11) is 0. The number of Topliss-reactive ketones (excluding diaryl/α,β-unsaturated/α-hetero) is 1. The molecule has 0 aromatic heterocycles. The number of aryl methyl sites for hydroxylation is 1. The van der Waals surface area contributed by atoms with Crippen molar-refractivity contribution in [3.05, 3.63) is 62.7 Å². The van der Waals surface area contributed by atoms with Crippen molar-refractivity contribution in [1.82, 2.24) is 0 Å². The molecule has 0 N–H and O–H groups in total. The predicted octanol–water partition coefficient (Wildman–Crippen LogP) is 4.55. The Morgan fingerprint density at radius 1 is 1.24 bits per heavy atom. The third-order valence-electron chi connectivity index (χ3n) is 2.94. The summed E-state index contributed by atoms with van der Waals surface area (Å²) in [6.07, 6.45) is 0. The van der Waals surface area contributed by atoms with Gasteiger partial charge in [0.05, 0.1) is 9.95 Å². The number of nitro benzene ring substituents is 1. The first-order valence-corrected chi connectivity index (χ1v) is 6.50. The molecule has 0 amide bonds. The average molecular weight is 306 g/mol. The average Bonchev–Trinajstić information content (AvgIpc) is 2.40. The second-order valence-corrected chi connectivity index (χ2v) is 4.89. The second-order valence-electron chi connectivity index (χ2n) is 4.48. The molecule has 0 atom stereocenters. The van der Waals surface area contributed by atoms with E-state index in [1.165, 1.54) is 25.1 Å². The number of rotatable bonds is 4. The maximum Gasteiger partial charge on any atom is 0.314 e. The molecule has 0 aliphatic rings. The van der Waals surface area contributed by atoms with E-state index in [0.717, 1.165) is 0 Å². The number of carbonyl (C=O) groups excluding carboxylic acids is 1. The summed E-state index contributed by atoms with van der Waals surface area (Å²) in [5.41, 5.74) is 0.837. The van der Waals surface area contributed by atoms with Crippen LogP contribution < -0.4 is 4.74 Å². The van der Waals surface area contributed by atoms with Gasteiger partial charge in [-0.15, -0.1) is 0 Å². The van der Waals surface area contributed by atoms with Crippen LogP contribution >= 0.6 is 11.6 Å². The van der Waals surface area contributed by atoms with Gasteiger partial charge in [-0.1, -0.05) is 23.7 Å². The molecule has 2 aromatic rings. The van der Waals surface area contributed by atoms with Crippen molar-refractivity contribution in [1.29, 1.82) is 0 Å². The highest BCUT2D eigenvalue weighted by Crippen LogP contribution is 2.36. The topological polar surface area (TPSA) is 69.4 Å². The highest BCUT2D eigenvalue weighted by atomic mass is 35.5. The summed E-state index contributed by atoms with van der Waals surface area (Å²) in [6.45, 7) is 3.06. The van der Waals surface area contributed by atoms with Crippen molar-refractivity contribution in [2.75, 3.05) is 0 Å². The van der Waals surface area contributed by atoms with Crippen LogP contribution in [-0.4, -0.2) is 10.7 Å². The maximum atomic E-state index is 11.3. The fraction of sp³-hybridized carbons (Fsp3) is 0.133. The lowest BCUT2D eigenvalue weighted by molar-refractivity contribution is -0.386. The van der Waals surface area contributed by atoms with Crippen molar-refractivity contribution in [2.24, 2.45) is 0 Å². The Morgan fingerprint density at radius 3 is 2.52 bits per heavy atom. The minimum atomic E-state index is -0.498. The van der Waals surface area contributed by atoms with Gasteiger partial charge in [0.1, 0.15) is 5.75 Å². The highest BCUT2D eigenvalue weighted by molar-refractivity contribution is 6.32. The number of halogens is 1. The van der Waals surface area contributed by atoms with Crippen LogP contribution in [0.3, 0.4) is 0 Å². The van der Waals surface area contributed by atoms with E-state index < -0.39 is 4.92 Å². The Kier molecular flexibility index (Phi) is 4.23. The Balaban J connectivity index is 2.42. The molecule has 0 spiro atoms. The van der Waals surface area contributed by atoms with Gasteiger partial charge in [-0.25, -0.2) is 0 Å². The van der Waals surface area contributed by atoms with Crippen molar-refractivity contribution >= 4 is 23.1 Å². The Labute approximate surface area is 126 Å². The Bertz CT molecular complexity index is 728. The van der Waals surface area contributed by atoms with E-state index in [2.05, 4.69) is 0 Å². The van der Waals surface area contributed by atoms with Gasteiger partial charge in [-0.3, -0.25) is 14.9 Å². The summed E-state index contributed by atoms with van der Waals surface area (Å²) >= 11 is 6.05. The zero-order valence-corrected chi connectivity index (χ0v) is 12.2. The van der Waals surface area contributed by atoms with Crippen LogP contribution in [0.25, 0.3) is 0 Å². The quantitative estimate of drug-likeness (QED) is 0.472. The number of carbonyl (C=O) groups is 1. The normalized spacial score (nSPS) is 10.2. The van der Waals surface area contributed by atoms with E-state index in [1.807, 2.05) is 0 Å².